The highest BCUT2D eigenvalue weighted by atomic mass is 16.5. The summed E-state index contributed by atoms with van der Waals surface area (Å²) in [7, 11) is 2.91. The molecule has 0 aromatic heterocycles. The quantitative estimate of drug-likeness (QED) is 0.621. The van der Waals surface area contributed by atoms with Gasteiger partial charge in [0, 0.05) is 12.7 Å². The van der Waals surface area contributed by atoms with Crippen molar-refractivity contribution in [2.24, 2.45) is 11.8 Å². The van der Waals surface area contributed by atoms with Crippen LogP contribution in [-0.4, -0.2) is 47.6 Å². The zero-order valence-electron chi connectivity index (χ0n) is 20.1. The van der Waals surface area contributed by atoms with Crippen LogP contribution in [0.5, 0.6) is 11.5 Å². The van der Waals surface area contributed by atoms with E-state index in [4.69, 9.17) is 14.2 Å². The van der Waals surface area contributed by atoms with E-state index in [2.05, 4.69) is 26.1 Å². The molecule has 7 heteroatoms. The van der Waals surface area contributed by atoms with Gasteiger partial charge in [0.25, 0.3) is 5.91 Å². The van der Waals surface area contributed by atoms with E-state index in [1.807, 2.05) is 12.2 Å². The van der Waals surface area contributed by atoms with Gasteiger partial charge in [0.1, 0.15) is 11.5 Å². The molecule has 2 aromatic rings. The Morgan fingerprint density at radius 2 is 1.79 bits per heavy atom. The van der Waals surface area contributed by atoms with Crippen LogP contribution in [0, 0.1) is 11.8 Å². The maximum atomic E-state index is 12.8. The van der Waals surface area contributed by atoms with E-state index in [0.29, 0.717) is 34.4 Å². The lowest BCUT2D eigenvalue weighted by Crippen LogP contribution is -2.52. The number of ether oxygens (including phenoxy) is 3. The first-order valence-corrected chi connectivity index (χ1v) is 11.5. The summed E-state index contributed by atoms with van der Waals surface area (Å²) in [5.74, 6) is 0.977. The molecule has 34 heavy (non-hydrogen) atoms. The van der Waals surface area contributed by atoms with Crippen LogP contribution in [0.1, 0.15) is 43.9 Å². The second kappa shape index (κ2) is 7.57. The zero-order chi connectivity index (χ0) is 24.5. The number of fused-ring (bicyclic) bond motifs is 2. The van der Waals surface area contributed by atoms with Crippen molar-refractivity contribution in [3.8, 4) is 11.5 Å². The summed E-state index contributed by atoms with van der Waals surface area (Å²) in [4.78, 5) is 12.8. The van der Waals surface area contributed by atoms with Crippen molar-refractivity contribution in [2.75, 3.05) is 19.5 Å². The van der Waals surface area contributed by atoms with Crippen molar-refractivity contribution in [2.45, 2.75) is 50.1 Å². The topological polar surface area (TPSA) is 97.3 Å². The SMILES string of the molecule is COc1ccc([C@@]2(O)c3c(ccc(C=C[C@@]4(C)OC(C)(C)[C@H]5C[C@H]54)c3O)NC(=O)[C@@H]2OC)cc1. The lowest BCUT2D eigenvalue weighted by Gasteiger charge is -2.40. The molecule has 1 saturated carbocycles. The van der Waals surface area contributed by atoms with Crippen LogP contribution in [0.4, 0.5) is 5.69 Å². The summed E-state index contributed by atoms with van der Waals surface area (Å²) < 4.78 is 17.0. The van der Waals surface area contributed by atoms with Crippen LogP contribution in [0.3, 0.4) is 0 Å². The molecule has 1 aliphatic carbocycles. The van der Waals surface area contributed by atoms with E-state index in [1.54, 1.807) is 43.5 Å². The first-order valence-electron chi connectivity index (χ1n) is 11.5. The number of phenols is 1. The fourth-order valence-corrected chi connectivity index (χ4v) is 5.90. The van der Waals surface area contributed by atoms with Crippen LogP contribution >= 0.6 is 0 Å². The van der Waals surface area contributed by atoms with Gasteiger partial charge in [-0.3, -0.25) is 4.79 Å². The van der Waals surface area contributed by atoms with Crippen LogP contribution in [-0.2, 0) is 19.9 Å². The van der Waals surface area contributed by atoms with E-state index < -0.39 is 23.2 Å². The van der Waals surface area contributed by atoms with E-state index in [9.17, 15) is 15.0 Å². The molecule has 5 rings (SSSR count). The minimum Gasteiger partial charge on any atom is -0.507 e. The van der Waals surface area contributed by atoms with Gasteiger partial charge < -0.3 is 29.7 Å². The number of rotatable bonds is 5. The Morgan fingerprint density at radius 1 is 1.09 bits per heavy atom. The normalized spacial score (nSPS) is 33.4. The third kappa shape index (κ3) is 3.26. The smallest absolute Gasteiger partial charge is 0.257 e. The van der Waals surface area contributed by atoms with E-state index in [0.717, 1.165) is 6.42 Å². The standard InChI is InChI=1S/C27H31NO6/c1-25(2)18-14-19(18)26(3,34-25)13-12-15-6-11-20-21(22(15)29)27(31,23(33-5)24(30)28-20)16-7-9-17(32-4)10-8-16/h6-13,18-19,23,29,31H,14H2,1-5H3,(H,28,30)/t18-,19+,23-,26+,27+/m0/s1. The maximum absolute atomic E-state index is 12.8. The number of anilines is 1. The Kier molecular flexibility index (Phi) is 5.10. The van der Waals surface area contributed by atoms with Gasteiger partial charge in [-0.15, -0.1) is 0 Å². The molecule has 2 heterocycles. The van der Waals surface area contributed by atoms with Gasteiger partial charge >= 0.3 is 0 Å². The molecule has 5 atom stereocenters. The summed E-state index contributed by atoms with van der Waals surface area (Å²) in [6.45, 7) is 6.32. The second-order valence-electron chi connectivity index (χ2n) is 10.2. The molecule has 3 aliphatic rings. The van der Waals surface area contributed by atoms with Crippen molar-refractivity contribution in [3.05, 3.63) is 59.2 Å². The summed E-state index contributed by atoms with van der Waals surface area (Å²) in [6.07, 6.45) is 3.69. The Balaban J connectivity index is 1.60. The zero-order valence-corrected chi connectivity index (χ0v) is 20.1. The summed E-state index contributed by atoms with van der Waals surface area (Å²) in [6, 6.07) is 10.1. The summed E-state index contributed by atoms with van der Waals surface area (Å²) >= 11 is 0. The predicted octanol–water partition coefficient (Wildman–Crippen LogP) is 3.82. The van der Waals surface area contributed by atoms with E-state index in [1.165, 1.54) is 7.11 Å². The van der Waals surface area contributed by atoms with Crippen LogP contribution < -0.4 is 10.1 Å². The maximum Gasteiger partial charge on any atom is 0.257 e. The Bertz CT molecular complexity index is 1170. The number of carbonyl (C=O) groups excluding carboxylic acids is 1. The van der Waals surface area contributed by atoms with Gasteiger partial charge in [-0.05, 0) is 68.9 Å². The Labute approximate surface area is 199 Å². The fourth-order valence-electron chi connectivity index (χ4n) is 5.90. The minimum atomic E-state index is -1.91. The number of methoxy groups -OCH3 is 2. The van der Waals surface area contributed by atoms with Gasteiger partial charge in [0.15, 0.2) is 11.7 Å². The van der Waals surface area contributed by atoms with Gasteiger partial charge in [0.2, 0.25) is 0 Å². The van der Waals surface area contributed by atoms with E-state index in [-0.39, 0.29) is 16.9 Å². The summed E-state index contributed by atoms with van der Waals surface area (Å²) in [5.41, 5.74) is -1.07. The molecular formula is C27H31NO6. The number of aromatic hydroxyl groups is 1. The third-order valence-electron chi connectivity index (χ3n) is 7.73. The lowest BCUT2D eigenvalue weighted by atomic mass is 9.76. The number of hydrogen-bond donors (Lipinski definition) is 3. The average Bonchev–Trinajstić information content (AvgIpc) is 3.58. The molecule has 2 fully saturated rings. The van der Waals surface area contributed by atoms with E-state index >= 15 is 0 Å². The average molecular weight is 466 g/mol. The van der Waals surface area contributed by atoms with Crippen molar-refractivity contribution in [1.82, 2.24) is 0 Å². The molecule has 7 nitrogen and oxygen atoms in total. The number of aliphatic hydroxyl groups is 1. The lowest BCUT2D eigenvalue weighted by molar-refractivity contribution is -0.142. The number of carbonyl (C=O) groups is 1. The molecule has 1 amide bonds. The van der Waals surface area contributed by atoms with Crippen LogP contribution in [0.25, 0.3) is 6.08 Å². The summed E-state index contributed by atoms with van der Waals surface area (Å²) in [5, 5.41) is 26.1. The predicted molar refractivity (Wildman–Crippen MR) is 128 cm³/mol. The molecule has 180 valence electrons. The Morgan fingerprint density at radius 3 is 2.35 bits per heavy atom. The molecule has 0 unspecified atom stereocenters. The molecule has 0 spiro atoms. The molecule has 3 N–H and O–H groups in total. The van der Waals surface area contributed by atoms with Crippen molar-refractivity contribution in [3.63, 3.8) is 0 Å². The number of hydrogen-bond acceptors (Lipinski definition) is 6. The second-order valence-corrected chi connectivity index (χ2v) is 10.2. The third-order valence-corrected chi connectivity index (χ3v) is 7.73. The van der Waals surface area contributed by atoms with Crippen molar-refractivity contribution < 1.29 is 29.2 Å². The number of nitrogens with one attached hydrogen (secondary N) is 1. The van der Waals surface area contributed by atoms with Crippen LogP contribution in [0.15, 0.2) is 42.5 Å². The monoisotopic (exact) mass is 465 g/mol. The van der Waals surface area contributed by atoms with Crippen LogP contribution in [0.2, 0.25) is 0 Å². The first kappa shape index (κ1) is 22.9. The minimum absolute atomic E-state index is 0.123. The Hall–Kier alpha value is -2.87. The highest BCUT2D eigenvalue weighted by Gasteiger charge is 2.64. The number of amides is 1. The van der Waals surface area contributed by atoms with Gasteiger partial charge in [0.05, 0.1) is 29.6 Å². The first-order chi connectivity index (χ1) is 16.0. The molecule has 0 radical (unpaired) electrons. The highest BCUT2D eigenvalue weighted by Crippen LogP contribution is 2.62. The van der Waals surface area contributed by atoms with Crippen molar-refractivity contribution >= 4 is 17.7 Å². The van der Waals surface area contributed by atoms with Gasteiger partial charge in [-0.2, -0.15) is 0 Å². The van der Waals surface area contributed by atoms with Crippen molar-refractivity contribution in [1.29, 1.82) is 0 Å². The number of phenolic OH excluding ortho intramolecular Hbond substituents is 1. The molecule has 2 aromatic carbocycles. The van der Waals surface area contributed by atoms with Gasteiger partial charge in [-0.1, -0.05) is 24.3 Å². The van der Waals surface area contributed by atoms with Gasteiger partial charge in [-0.25, -0.2) is 0 Å². The highest BCUT2D eigenvalue weighted by molar-refractivity contribution is 6.00. The molecular weight excluding hydrogens is 434 g/mol. The molecule has 0 bridgehead atoms. The largest absolute Gasteiger partial charge is 0.507 e. The molecule has 1 saturated heterocycles. The number of benzene rings is 2. The fraction of sp³-hybridized carbons (Fsp3) is 0.444. The molecule has 2 aliphatic heterocycles.